The molecule has 25 heavy (non-hydrogen) atoms. The van der Waals surface area contributed by atoms with Crippen LogP contribution in [-0.2, 0) is 11.3 Å². The van der Waals surface area contributed by atoms with Gasteiger partial charge in [-0.05, 0) is 42.2 Å². The highest BCUT2D eigenvalue weighted by molar-refractivity contribution is 5.90. The van der Waals surface area contributed by atoms with Crippen LogP contribution in [0.5, 0.6) is 0 Å². The van der Waals surface area contributed by atoms with Crippen LogP contribution in [0.3, 0.4) is 0 Å². The number of anilines is 1. The third-order valence-corrected chi connectivity index (χ3v) is 4.79. The van der Waals surface area contributed by atoms with E-state index >= 15 is 0 Å². The van der Waals surface area contributed by atoms with E-state index in [2.05, 4.69) is 5.32 Å². The maximum Gasteiger partial charge on any atom is 0.274 e. The van der Waals surface area contributed by atoms with Crippen molar-refractivity contribution in [2.45, 2.75) is 45.1 Å². The number of nitrogens with one attached hydrogen (secondary N) is 1. The third-order valence-electron chi connectivity index (χ3n) is 4.79. The number of nitrogens with zero attached hydrogens (tertiary/aromatic N) is 1. The standard InChI is InChI=1S/C20H23FN2O2/c21-17-8-3-7-16(13-17)14-23-12-4-9-18(20(23)25)22-19(24)11-10-15-5-1-2-6-15/h3-4,7-9,12-13,15H,1-2,5-6,10-11,14H2,(H,22,24). The lowest BCUT2D eigenvalue weighted by Gasteiger charge is -2.11. The van der Waals surface area contributed by atoms with Gasteiger partial charge in [0.2, 0.25) is 5.91 Å². The molecular formula is C20H23FN2O2. The molecule has 3 rings (SSSR count). The second-order valence-corrected chi connectivity index (χ2v) is 6.72. The number of pyridine rings is 1. The van der Waals surface area contributed by atoms with Crippen LogP contribution in [0, 0.1) is 11.7 Å². The molecule has 1 amide bonds. The molecule has 1 heterocycles. The van der Waals surface area contributed by atoms with Gasteiger partial charge in [0.05, 0.1) is 6.54 Å². The number of halogens is 1. The van der Waals surface area contributed by atoms with Gasteiger partial charge in [-0.1, -0.05) is 37.8 Å². The fourth-order valence-corrected chi connectivity index (χ4v) is 3.44. The molecule has 1 aliphatic rings. The van der Waals surface area contributed by atoms with E-state index in [1.54, 1.807) is 30.5 Å². The largest absolute Gasteiger partial charge is 0.321 e. The number of amides is 1. The molecule has 0 radical (unpaired) electrons. The van der Waals surface area contributed by atoms with Crippen LogP contribution in [0.25, 0.3) is 0 Å². The van der Waals surface area contributed by atoms with E-state index in [1.807, 2.05) is 0 Å². The van der Waals surface area contributed by atoms with E-state index < -0.39 is 0 Å². The maximum absolute atomic E-state index is 13.3. The number of hydrogen-bond acceptors (Lipinski definition) is 2. The fraction of sp³-hybridized carbons (Fsp3) is 0.400. The summed E-state index contributed by atoms with van der Waals surface area (Å²) < 4.78 is 14.8. The van der Waals surface area contributed by atoms with E-state index in [1.165, 1.54) is 42.4 Å². The number of carbonyl (C=O) groups excluding carboxylic acids is 1. The minimum absolute atomic E-state index is 0.118. The van der Waals surface area contributed by atoms with Crippen LogP contribution in [0.4, 0.5) is 10.1 Å². The first-order valence-corrected chi connectivity index (χ1v) is 8.85. The van der Waals surface area contributed by atoms with Crippen LogP contribution in [0.2, 0.25) is 0 Å². The Labute approximate surface area is 146 Å². The molecule has 1 aliphatic carbocycles. The maximum atomic E-state index is 13.3. The third kappa shape index (κ3) is 4.78. The van der Waals surface area contributed by atoms with Crippen molar-refractivity contribution in [2.75, 3.05) is 5.32 Å². The van der Waals surface area contributed by atoms with Gasteiger partial charge in [-0.3, -0.25) is 9.59 Å². The van der Waals surface area contributed by atoms with Crippen molar-refractivity contribution < 1.29 is 9.18 Å². The highest BCUT2D eigenvalue weighted by atomic mass is 19.1. The van der Waals surface area contributed by atoms with Crippen molar-refractivity contribution in [3.8, 4) is 0 Å². The molecule has 1 saturated carbocycles. The number of rotatable bonds is 6. The molecule has 0 atom stereocenters. The van der Waals surface area contributed by atoms with Gasteiger partial charge in [0.15, 0.2) is 0 Å². The van der Waals surface area contributed by atoms with Gasteiger partial charge in [0.1, 0.15) is 11.5 Å². The number of hydrogen-bond donors (Lipinski definition) is 1. The summed E-state index contributed by atoms with van der Waals surface area (Å²) in [7, 11) is 0. The average molecular weight is 342 g/mol. The number of benzene rings is 1. The first-order chi connectivity index (χ1) is 12.1. The van der Waals surface area contributed by atoms with Crippen molar-refractivity contribution >= 4 is 11.6 Å². The molecule has 4 nitrogen and oxygen atoms in total. The molecule has 0 bridgehead atoms. The molecule has 0 saturated heterocycles. The van der Waals surface area contributed by atoms with Crippen molar-refractivity contribution in [2.24, 2.45) is 5.92 Å². The molecule has 1 aromatic carbocycles. The lowest BCUT2D eigenvalue weighted by molar-refractivity contribution is -0.116. The monoisotopic (exact) mass is 342 g/mol. The predicted octanol–water partition coefficient (Wildman–Crippen LogP) is 3.94. The van der Waals surface area contributed by atoms with Crippen molar-refractivity contribution in [1.82, 2.24) is 4.57 Å². The molecular weight excluding hydrogens is 319 g/mol. The zero-order valence-corrected chi connectivity index (χ0v) is 14.2. The molecule has 1 fully saturated rings. The highest BCUT2D eigenvalue weighted by Crippen LogP contribution is 2.28. The van der Waals surface area contributed by atoms with Gasteiger partial charge in [-0.25, -0.2) is 4.39 Å². The Morgan fingerprint density at radius 1 is 1.20 bits per heavy atom. The lowest BCUT2D eigenvalue weighted by atomic mass is 10.0. The van der Waals surface area contributed by atoms with Gasteiger partial charge >= 0.3 is 0 Å². The zero-order chi connectivity index (χ0) is 17.6. The van der Waals surface area contributed by atoms with Crippen LogP contribution >= 0.6 is 0 Å². The molecule has 0 spiro atoms. The first-order valence-electron chi connectivity index (χ1n) is 8.85. The summed E-state index contributed by atoms with van der Waals surface area (Å²) in [6, 6.07) is 9.48. The lowest BCUT2D eigenvalue weighted by Crippen LogP contribution is -2.26. The molecule has 1 aromatic heterocycles. The molecule has 0 unspecified atom stereocenters. The van der Waals surface area contributed by atoms with Crippen LogP contribution in [-0.4, -0.2) is 10.5 Å². The SMILES string of the molecule is O=C(CCC1CCCC1)Nc1cccn(Cc2cccc(F)c2)c1=O. The molecule has 5 heteroatoms. The van der Waals surface area contributed by atoms with E-state index in [9.17, 15) is 14.0 Å². The van der Waals surface area contributed by atoms with E-state index in [-0.39, 0.29) is 29.5 Å². The smallest absolute Gasteiger partial charge is 0.274 e. The number of aromatic nitrogens is 1. The minimum atomic E-state index is -0.332. The predicted molar refractivity (Wildman–Crippen MR) is 96.0 cm³/mol. The van der Waals surface area contributed by atoms with Gasteiger partial charge < -0.3 is 9.88 Å². The number of carbonyl (C=O) groups is 1. The Morgan fingerprint density at radius 2 is 2.00 bits per heavy atom. The van der Waals surface area contributed by atoms with Crippen LogP contribution in [0.1, 0.15) is 44.1 Å². The van der Waals surface area contributed by atoms with Gasteiger partial charge in [-0.2, -0.15) is 0 Å². The second kappa shape index (κ2) is 8.10. The average Bonchev–Trinajstić information content (AvgIpc) is 3.10. The van der Waals surface area contributed by atoms with Gasteiger partial charge in [0, 0.05) is 12.6 Å². The first kappa shape index (κ1) is 17.4. The summed E-state index contributed by atoms with van der Waals surface area (Å²) in [6.45, 7) is 0.266. The minimum Gasteiger partial charge on any atom is -0.321 e. The molecule has 2 aromatic rings. The summed E-state index contributed by atoms with van der Waals surface area (Å²) in [5, 5.41) is 2.73. The van der Waals surface area contributed by atoms with Crippen molar-refractivity contribution in [3.63, 3.8) is 0 Å². The van der Waals surface area contributed by atoms with Crippen molar-refractivity contribution in [3.05, 3.63) is 64.3 Å². The molecule has 1 N–H and O–H groups in total. The summed E-state index contributed by atoms with van der Waals surface area (Å²) in [4.78, 5) is 24.6. The summed E-state index contributed by atoms with van der Waals surface area (Å²) in [5.41, 5.74) is 0.697. The van der Waals surface area contributed by atoms with Gasteiger partial charge in [0.25, 0.3) is 5.56 Å². The van der Waals surface area contributed by atoms with E-state index in [0.29, 0.717) is 17.9 Å². The Balaban J connectivity index is 1.64. The molecule has 0 aliphatic heterocycles. The van der Waals surface area contributed by atoms with E-state index in [0.717, 1.165) is 6.42 Å². The second-order valence-electron chi connectivity index (χ2n) is 6.72. The highest BCUT2D eigenvalue weighted by Gasteiger charge is 2.16. The fourth-order valence-electron chi connectivity index (χ4n) is 3.44. The zero-order valence-electron chi connectivity index (χ0n) is 14.2. The van der Waals surface area contributed by atoms with Crippen LogP contribution in [0.15, 0.2) is 47.4 Å². The van der Waals surface area contributed by atoms with Crippen molar-refractivity contribution in [1.29, 1.82) is 0 Å². The van der Waals surface area contributed by atoms with Gasteiger partial charge in [-0.15, -0.1) is 0 Å². The topological polar surface area (TPSA) is 51.1 Å². The molecule has 132 valence electrons. The summed E-state index contributed by atoms with van der Waals surface area (Å²) in [6.07, 6.45) is 7.91. The Hall–Kier alpha value is -2.43. The Bertz CT molecular complexity index is 794. The Morgan fingerprint density at radius 3 is 2.76 bits per heavy atom. The summed E-state index contributed by atoms with van der Waals surface area (Å²) in [5.74, 6) is 0.195. The van der Waals surface area contributed by atoms with Crippen LogP contribution < -0.4 is 10.9 Å². The van der Waals surface area contributed by atoms with E-state index in [4.69, 9.17) is 0 Å². The Kier molecular flexibility index (Phi) is 5.64. The quantitative estimate of drug-likeness (QED) is 0.864. The normalized spacial score (nSPS) is 14.6. The summed E-state index contributed by atoms with van der Waals surface area (Å²) >= 11 is 0.